The molecule has 94 valence electrons. The van der Waals surface area contributed by atoms with Crippen LogP contribution in [0, 0.1) is 0 Å². The number of nitrogens with zero attached hydrogens (tertiary/aromatic N) is 2. The van der Waals surface area contributed by atoms with Gasteiger partial charge >= 0.3 is 0 Å². The van der Waals surface area contributed by atoms with Gasteiger partial charge in [0.15, 0.2) is 11.5 Å². The third-order valence-electron chi connectivity index (χ3n) is 2.91. The Kier molecular flexibility index (Phi) is 2.76. The van der Waals surface area contributed by atoms with E-state index >= 15 is 0 Å². The fraction of sp³-hybridized carbons (Fsp3) is 0.250. The van der Waals surface area contributed by atoms with E-state index in [2.05, 4.69) is 21.0 Å². The van der Waals surface area contributed by atoms with Crippen molar-refractivity contribution in [1.82, 2.24) is 9.78 Å². The van der Waals surface area contributed by atoms with Crippen molar-refractivity contribution in [2.24, 2.45) is 7.05 Å². The Bertz CT molecular complexity index is 578. The van der Waals surface area contributed by atoms with Crippen molar-refractivity contribution in [2.45, 2.75) is 6.10 Å². The largest absolute Gasteiger partial charge is 0.454 e. The highest BCUT2D eigenvalue weighted by atomic mass is 79.9. The second kappa shape index (κ2) is 4.29. The van der Waals surface area contributed by atoms with Crippen LogP contribution in [0.1, 0.15) is 17.4 Å². The summed E-state index contributed by atoms with van der Waals surface area (Å²) in [5.41, 5.74) is 1.44. The van der Waals surface area contributed by atoms with E-state index in [-0.39, 0.29) is 6.79 Å². The van der Waals surface area contributed by atoms with Crippen LogP contribution in [-0.2, 0) is 7.05 Å². The molecule has 0 amide bonds. The van der Waals surface area contributed by atoms with Gasteiger partial charge in [0.25, 0.3) is 0 Å². The smallest absolute Gasteiger partial charge is 0.231 e. The number of ether oxygens (including phenoxy) is 2. The molecule has 1 aliphatic heterocycles. The lowest BCUT2D eigenvalue weighted by Crippen LogP contribution is -2.07. The Balaban J connectivity index is 2.00. The van der Waals surface area contributed by atoms with E-state index in [9.17, 15) is 5.11 Å². The van der Waals surface area contributed by atoms with Crippen LogP contribution in [0.5, 0.6) is 11.5 Å². The van der Waals surface area contributed by atoms with Crippen LogP contribution >= 0.6 is 15.9 Å². The van der Waals surface area contributed by atoms with E-state index in [0.717, 1.165) is 10.0 Å². The number of aliphatic hydroxyl groups is 1. The van der Waals surface area contributed by atoms with E-state index in [1.165, 1.54) is 0 Å². The normalized spacial score (nSPS) is 14.8. The molecule has 0 saturated heterocycles. The summed E-state index contributed by atoms with van der Waals surface area (Å²) in [6, 6.07) is 5.40. The molecular weight excluding hydrogens is 300 g/mol. The maximum absolute atomic E-state index is 10.4. The molecule has 1 aliphatic rings. The number of rotatable bonds is 2. The molecule has 0 radical (unpaired) electrons. The Morgan fingerprint density at radius 2 is 2.17 bits per heavy atom. The standard InChI is InChI=1S/C12H11BrN2O3/c1-15-11(8(13)5-14-15)12(16)7-2-3-9-10(4-7)18-6-17-9/h2-5,12,16H,6H2,1H3. The predicted molar refractivity (Wildman–Crippen MR) is 67.5 cm³/mol. The van der Waals surface area contributed by atoms with Gasteiger partial charge in [-0.15, -0.1) is 0 Å². The first kappa shape index (κ1) is 11.6. The number of benzene rings is 1. The molecule has 0 fully saturated rings. The molecule has 1 aromatic heterocycles. The zero-order valence-corrected chi connectivity index (χ0v) is 11.2. The second-order valence-corrected chi connectivity index (χ2v) is 4.87. The van der Waals surface area contributed by atoms with Crippen molar-refractivity contribution in [3.63, 3.8) is 0 Å². The highest BCUT2D eigenvalue weighted by Gasteiger charge is 2.21. The molecule has 0 saturated carbocycles. The summed E-state index contributed by atoms with van der Waals surface area (Å²) in [6.07, 6.45) is 0.896. The first-order valence-corrected chi connectivity index (χ1v) is 6.21. The van der Waals surface area contributed by atoms with Gasteiger partial charge in [-0.3, -0.25) is 4.68 Å². The van der Waals surface area contributed by atoms with E-state index < -0.39 is 6.10 Å². The molecule has 1 atom stereocenters. The van der Waals surface area contributed by atoms with Gasteiger partial charge in [0.2, 0.25) is 6.79 Å². The lowest BCUT2D eigenvalue weighted by molar-refractivity contribution is 0.173. The highest BCUT2D eigenvalue weighted by Crippen LogP contribution is 2.36. The summed E-state index contributed by atoms with van der Waals surface area (Å²) in [7, 11) is 1.79. The molecule has 1 aromatic carbocycles. The molecule has 1 N–H and O–H groups in total. The minimum Gasteiger partial charge on any atom is -0.454 e. The third kappa shape index (κ3) is 1.77. The molecule has 6 heteroatoms. The minimum absolute atomic E-state index is 0.226. The highest BCUT2D eigenvalue weighted by molar-refractivity contribution is 9.10. The fourth-order valence-corrected chi connectivity index (χ4v) is 2.53. The molecule has 0 bridgehead atoms. The Hall–Kier alpha value is -1.53. The third-order valence-corrected chi connectivity index (χ3v) is 3.52. The summed E-state index contributed by atoms with van der Waals surface area (Å²) in [6.45, 7) is 0.226. The van der Waals surface area contributed by atoms with Gasteiger partial charge < -0.3 is 14.6 Å². The second-order valence-electron chi connectivity index (χ2n) is 4.02. The maximum Gasteiger partial charge on any atom is 0.231 e. The van der Waals surface area contributed by atoms with Crippen LogP contribution in [0.4, 0.5) is 0 Å². The zero-order valence-electron chi connectivity index (χ0n) is 9.63. The lowest BCUT2D eigenvalue weighted by atomic mass is 10.1. The fourth-order valence-electron chi connectivity index (χ4n) is 1.97. The van der Waals surface area contributed by atoms with Crippen molar-refractivity contribution in [3.05, 3.63) is 40.1 Å². The number of aromatic nitrogens is 2. The summed E-state index contributed by atoms with van der Waals surface area (Å²) >= 11 is 3.38. The molecule has 5 nitrogen and oxygen atoms in total. The quantitative estimate of drug-likeness (QED) is 0.921. The Labute approximate surface area is 112 Å². The summed E-state index contributed by atoms with van der Waals surface area (Å²) in [5, 5.41) is 14.5. The topological polar surface area (TPSA) is 56.5 Å². The van der Waals surface area contributed by atoms with Crippen molar-refractivity contribution in [2.75, 3.05) is 6.79 Å². The molecule has 0 spiro atoms. The first-order chi connectivity index (χ1) is 8.66. The van der Waals surface area contributed by atoms with Gasteiger partial charge in [-0.2, -0.15) is 5.10 Å². The van der Waals surface area contributed by atoms with Gasteiger partial charge in [0, 0.05) is 7.05 Å². The monoisotopic (exact) mass is 310 g/mol. The minimum atomic E-state index is -0.763. The van der Waals surface area contributed by atoms with Gasteiger partial charge in [-0.25, -0.2) is 0 Å². The van der Waals surface area contributed by atoms with Crippen LogP contribution in [0.3, 0.4) is 0 Å². The Morgan fingerprint density at radius 1 is 1.39 bits per heavy atom. The molecule has 1 unspecified atom stereocenters. The van der Waals surface area contributed by atoms with Gasteiger partial charge in [-0.1, -0.05) is 6.07 Å². The van der Waals surface area contributed by atoms with Crippen LogP contribution in [0.2, 0.25) is 0 Å². The van der Waals surface area contributed by atoms with Crippen molar-refractivity contribution in [3.8, 4) is 11.5 Å². The molecule has 2 aromatic rings. The number of aryl methyl sites for hydroxylation is 1. The van der Waals surface area contributed by atoms with E-state index in [4.69, 9.17) is 9.47 Å². The maximum atomic E-state index is 10.4. The number of fused-ring (bicyclic) bond motifs is 1. The molecule has 3 rings (SSSR count). The lowest BCUT2D eigenvalue weighted by Gasteiger charge is -2.12. The van der Waals surface area contributed by atoms with Crippen LogP contribution in [0.15, 0.2) is 28.9 Å². The first-order valence-electron chi connectivity index (χ1n) is 5.42. The van der Waals surface area contributed by atoms with Crippen LogP contribution in [-0.4, -0.2) is 21.7 Å². The number of hydrogen-bond acceptors (Lipinski definition) is 4. The van der Waals surface area contributed by atoms with E-state index in [1.54, 1.807) is 30.1 Å². The molecular formula is C12H11BrN2O3. The predicted octanol–water partition coefficient (Wildman–Crippen LogP) is 1.99. The summed E-state index contributed by atoms with van der Waals surface area (Å²) < 4.78 is 13.0. The van der Waals surface area contributed by atoms with Crippen LogP contribution in [0.25, 0.3) is 0 Å². The number of halogens is 1. The Morgan fingerprint density at radius 3 is 2.89 bits per heavy atom. The van der Waals surface area contributed by atoms with Gasteiger partial charge in [0.1, 0.15) is 6.10 Å². The average molecular weight is 311 g/mol. The van der Waals surface area contributed by atoms with Crippen molar-refractivity contribution in [1.29, 1.82) is 0 Å². The molecule has 2 heterocycles. The molecule has 18 heavy (non-hydrogen) atoms. The average Bonchev–Trinajstić information content (AvgIpc) is 2.94. The van der Waals surface area contributed by atoms with E-state index in [1.807, 2.05) is 6.07 Å². The molecule has 0 aliphatic carbocycles. The summed E-state index contributed by atoms with van der Waals surface area (Å²) in [4.78, 5) is 0. The van der Waals surface area contributed by atoms with Gasteiger partial charge in [-0.05, 0) is 33.6 Å². The zero-order chi connectivity index (χ0) is 12.7. The van der Waals surface area contributed by atoms with Crippen LogP contribution < -0.4 is 9.47 Å². The van der Waals surface area contributed by atoms with Crippen molar-refractivity contribution < 1.29 is 14.6 Å². The summed E-state index contributed by atoms with van der Waals surface area (Å²) in [5.74, 6) is 1.36. The SMILES string of the molecule is Cn1ncc(Br)c1C(O)c1ccc2c(c1)OCO2. The number of hydrogen-bond donors (Lipinski definition) is 1. The number of aliphatic hydroxyl groups excluding tert-OH is 1. The van der Waals surface area contributed by atoms with Gasteiger partial charge in [0.05, 0.1) is 16.4 Å². The van der Waals surface area contributed by atoms with Crippen molar-refractivity contribution >= 4 is 15.9 Å². The van der Waals surface area contributed by atoms with E-state index in [0.29, 0.717) is 17.2 Å².